The SMILES string of the molecule is CC[C@@H](Sc1nc(-c2cccs2)cc(C(F)(F)F)c1C#N)C(=O)N[C@@H](C)c1ccccc1. The van der Waals surface area contributed by atoms with E-state index in [2.05, 4.69) is 10.3 Å². The van der Waals surface area contributed by atoms with Crippen LogP contribution in [0.4, 0.5) is 13.2 Å². The average molecular weight is 476 g/mol. The fourth-order valence-corrected chi connectivity index (χ4v) is 4.80. The quantitative estimate of drug-likeness (QED) is 0.399. The van der Waals surface area contributed by atoms with Crippen molar-refractivity contribution in [3.63, 3.8) is 0 Å². The Morgan fingerprint density at radius 1 is 1.25 bits per heavy atom. The molecule has 0 spiro atoms. The minimum absolute atomic E-state index is 0.0971. The van der Waals surface area contributed by atoms with Crippen molar-refractivity contribution in [3.8, 4) is 16.6 Å². The van der Waals surface area contributed by atoms with Crippen LogP contribution in [-0.2, 0) is 11.0 Å². The molecule has 3 rings (SSSR count). The highest BCUT2D eigenvalue weighted by Gasteiger charge is 2.37. The summed E-state index contributed by atoms with van der Waals surface area (Å²) in [6.45, 7) is 3.60. The number of thiophene rings is 1. The van der Waals surface area contributed by atoms with Gasteiger partial charge in [0.25, 0.3) is 0 Å². The number of carbonyl (C=O) groups is 1. The van der Waals surface area contributed by atoms with Crippen LogP contribution in [0, 0.1) is 11.3 Å². The largest absolute Gasteiger partial charge is 0.417 e. The summed E-state index contributed by atoms with van der Waals surface area (Å²) in [7, 11) is 0. The molecule has 2 atom stereocenters. The van der Waals surface area contributed by atoms with E-state index in [1.807, 2.05) is 37.3 Å². The molecule has 0 fully saturated rings. The van der Waals surface area contributed by atoms with Crippen LogP contribution in [-0.4, -0.2) is 16.1 Å². The van der Waals surface area contributed by atoms with Gasteiger partial charge in [0.2, 0.25) is 5.91 Å². The van der Waals surface area contributed by atoms with E-state index in [0.717, 1.165) is 23.4 Å². The molecule has 0 bridgehead atoms. The third-order valence-corrected chi connectivity index (χ3v) is 7.00. The van der Waals surface area contributed by atoms with Gasteiger partial charge in [-0.25, -0.2) is 4.98 Å². The fraction of sp³-hybridized carbons (Fsp3) is 0.261. The molecule has 32 heavy (non-hydrogen) atoms. The molecule has 0 saturated heterocycles. The summed E-state index contributed by atoms with van der Waals surface area (Å²) in [5, 5.41) is 13.3. The Balaban J connectivity index is 1.94. The summed E-state index contributed by atoms with van der Waals surface area (Å²) in [5.41, 5.74) is -0.573. The van der Waals surface area contributed by atoms with Gasteiger partial charge in [0.15, 0.2) is 0 Å². The lowest BCUT2D eigenvalue weighted by Gasteiger charge is -2.20. The average Bonchev–Trinajstić information content (AvgIpc) is 3.31. The molecule has 166 valence electrons. The van der Waals surface area contributed by atoms with E-state index in [1.165, 1.54) is 11.3 Å². The minimum Gasteiger partial charge on any atom is -0.349 e. The Labute approximate surface area is 192 Å². The Morgan fingerprint density at radius 2 is 1.97 bits per heavy atom. The molecule has 0 aliphatic carbocycles. The maximum atomic E-state index is 13.7. The van der Waals surface area contributed by atoms with E-state index in [1.54, 1.807) is 30.5 Å². The number of hydrogen-bond acceptors (Lipinski definition) is 5. The Kier molecular flexibility index (Phi) is 7.59. The van der Waals surface area contributed by atoms with E-state index in [4.69, 9.17) is 0 Å². The molecule has 2 heterocycles. The third kappa shape index (κ3) is 5.50. The second-order valence-corrected chi connectivity index (χ2v) is 9.12. The maximum absolute atomic E-state index is 13.7. The number of halogens is 3. The molecule has 3 aromatic rings. The van der Waals surface area contributed by atoms with E-state index in [9.17, 15) is 23.2 Å². The van der Waals surface area contributed by atoms with Gasteiger partial charge in [0.05, 0.1) is 33.0 Å². The lowest BCUT2D eigenvalue weighted by molar-refractivity contribution is -0.138. The molecule has 0 radical (unpaired) electrons. The van der Waals surface area contributed by atoms with Crippen molar-refractivity contribution in [2.45, 2.75) is 42.8 Å². The van der Waals surface area contributed by atoms with Crippen molar-refractivity contribution in [2.24, 2.45) is 0 Å². The Bertz CT molecular complexity index is 1110. The molecule has 1 amide bonds. The van der Waals surface area contributed by atoms with E-state index in [-0.39, 0.29) is 22.7 Å². The number of nitrogens with zero attached hydrogens (tertiary/aromatic N) is 2. The van der Waals surface area contributed by atoms with Gasteiger partial charge in [-0.2, -0.15) is 18.4 Å². The number of hydrogen-bond donors (Lipinski definition) is 1. The van der Waals surface area contributed by atoms with Crippen LogP contribution in [0.1, 0.15) is 43.0 Å². The van der Waals surface area contributed by atoms with Crippen LogP contribution >= 0.6 is 23.1 Å². The number of rotatable bonds is 7. The third-order valence-electron chi connectivity index (χ3n) is 4.75. The zero-order valence-corrected chi connectivity index (χ0v) is 18.9. The van der Waals surface area contributed by atoms with E-state index < -0.39 is 22.6 Å². The van der Waals surface area contributed by atoms with Crippen molar-refractivity contribution in [3.05, 3.63) is 70.6 Å². The number of benzene rings is 1. The van der Waals surface area contributed by atoms with Crippen LogP contribution in [0.15, 0.2) is 58.9 Å². The van der Waals surface area contributed by atoms with Gasteiger partial charge in [-0.15, -0.1) is 11.3 Å². The summed E-state index contributed by atoms with van der Waals surface area (Å²) in [6, 6.07) is 15.0. The normalized spacial score (nSPS) is 13.2. The van der Waals surface area contributed by atoms with Gasteiger partial charge in [0, 0.05) is 0 Å². The summed E-state index contributed by atoms with van der Waals surface area (Å²) in [6.07, 6.45) is -4.36. The first-order valence-corrected chi connectivity index (χ1v) is 11.6. The number of alkyl halides is 3. The summed E-state index contributed by atoms with van der Waals surface area (Å²) in [4.78, 5) is 17.8. The van der Waals surface area contributed by atoms with Gasteiger partial charge < -0.3 is 5.32 Å². The van der Waals surface area contributed by atoms with Crippen molar-refractivity contribution < 1.29 is 18.0 Å². The first-order valence-electron chi connectivity index (χ1n) is 9.82. The first-order chi connectivity index (χ1) is 15.2. The highest BCUT2D eigenvalue weighted by Crippen LogP contribution is 2.40. The second-order valence-electron chi connectivity index (χ2n) is 6.98. The Hall–Kier alpha value is -2.83. The molecule has 1 aromatic carbocycles. The molecule has 0 saturated carbocycles. The van der Waals surface area contributed by atoms with Gasteiger partial charge in [0.1, 0.15) is 11.1 Å². The molecule has 2 aromatic heterocycles. The van der Waals surface area contributed by atoms with Gasteiger partial charge >= 0.3 is 6.18 Å². The zero-order chi connectivity index (χ0) is 23.3. The van der Waals surface area contributed by atoms with E-state index >= 15 is 0 Å². The highest BCUT2D eigenvalue weighted by atomic mass is 32.2. The number of nitrogens with one attached hydrogen (secondary N) is 1. The van der Waals surface area contributed by atoms with Crippen molar-refractivity contribution in [1.29, 1.82) is 5.26 Å². The minimum atomic E-state index is -4.72. The molecule has 0 aliphatic heterocycles. The van der Waals surface area contributed by atoms with Crippen LogP contribution in [0.25, 0.3) is 10.6 Å². The van der Waals surface area contributed by atoms with Gasteiger partial charge in [-0.05, 0) is 36.4 Å². The number of nitriles is 1. The second kappa shape index (κ2) is 10.2. The number of carbonyl (C=O) groups excluding carboxylic acids is 1. The lowest BCUT2D eigenvalue weighted by atomic mass is 10.1. The molecule has 1 N–H and O–H groups in total. The standard InChI is InChI=1S/C23H20F3N3OS2/c1-3-19(21(30)28-14(2)15-8-5-4-6-9-15)32-22-16(13-27)17(23(24,25)26)12-18(29-22)20-10-7-11-31-20/h4-12,14,19H,3H2,1-2H3,(H,28,30)/t14-,19+/m0/s1. The van der Waals surface area contributed by atoms with Gasteiger partial charge in [-0.1, -0.05) is 55.1 Å². The Morgan fingerprint density at radius 3 is 2.53 bits per heavy atom. The first kappa shape index (κ1) is 23.8. The number of thioether (sulfide) groups is 1. The van der Waals surface area contributed by atoms with Crippen molar-refractivity contribution in [2.75, 3.05) is 0 Å². The monoisotopic (exact) mass is 475 g/mol. The lowest BCUT2D eigenvalue weighted by Crippen LogP contribution is -2.34. The van der Waals surface area contributed by atoms with Crippen LogP contribution in [0.3, 0.4) is 0 Å². The summed E-state index contributed by atoms with van der Waals surface area (Å²) >= 11 is 2.14. The summed E-state index contributed by atoms with van der Waals surface area (Å²) in [5.74, 6) is -0.324. The smallest absolute Gasteiger partial charge is 0.349 e. The molecule has 0 unspecified atom stereocenters. The van der Waals surface area contributed by atoms with Crippen molar-refractivity contribution in [1.82, 2.24) is 10.3 Å². The van der Waals surface area contributed by atoms with Gasteiger partial charge in [-0.3, -0.25) is 4.79 Å². The molecule has 9 heteroatoms. The van der Waals surface area contributed by atoms with Crippen molar-refractivity contribution >= 4 is 29.0 Å². The van der Waals surface area contributed by atoms with Crippen LogP contribution < -0.4 is 5.32 Å². The number of aromatic nitrogens is 1. The number of amides is 1. The molecular weight excluding hydrogens is 455 g/mol. The predicted molar refractivity (Wildman–Crippen MR) is 120 cm³/mol. The van der Waals surface area contributed by atoms with Crippen LogP contribution in [0.2, 0.25) is 0 Å². The zero-order valence-electron chi connectivity index (χ0n) is 17.3. The van der Waals surface area contributed by atoms with E-state index in [0.29, 0.717) is 11.3 Å². The number of pyridine rings is 1. The topological polar surface area (TPSA) is 65.8 Å². The fourth-order valence-electron chi connectivity index (χ4n) is 3.08. The molecule has 0 aliphatic rings. The molecule has 4 nitrogen and oxygen atoms in total. The summed E-state index contributed by atoms with van der Waals surface area (Å²) < 4.78 is 41.1. The maximum Gasteiger partial charge on any atom is 0.417 e. The predicted octanol–water partition coefficient (Wildman–Crippen LogP) is 6.45. The highest BCUT2D eigenvalue weighted by molar-refractivity contribution is 8.00. The van der Waals surface area contributed by atoms with Crippen LogP contribution in [0.5, 0.6) is 0 Å². The molecular formula is C23H20F3N3OS2.